The first kappa shape index (κ1) is 32.2. The molecule has 0 radical (unpaired) electrons. The summed E-state index contributed by atoms with van der Waals surface area (Å²) < 4.78 is 9.23. The van der Waals surface area contributed by atoms with Crippen molar-refractivity contribution in [3.05, 3.63) is 188 Å². The van der Waals surface area contributed by atoms with E-state index in [1.807, 2.05) is 72.0 Å². The lowest BCUT2D eigenvalue weighted by Gasteiger charge is -2.10. The fourth-order valence-electron chi connectivity index (χ4n) is 7.93. The molecule has 56 heavy (non-hydrogen) atoms. The second kappa shape index (κ2) is 13.3. The number of fused-ring (bicyclic) bond motifs is 6. The molecule has 0 fully saturated rings. The van der Waals surface area contributed by atoms with Crippen molar-refractivity contribution in [1.29, 1.82) is 0 Å². The Hall–Kier alpha value is -7.21. The maximum Gasteiger partial charge on any atom is 0.164 e. The lowest BCUT2D eigenvalue weighted by atomic mass is 9.95. The molecule has 5 heteroatoms. The van der Waals surface area contributed by atoms with E-state index in [4.69, 9.17) is 19.4 Å². The van der Waals surface area contributed by atoms with Crippen LogP contribution in [0.3, 0.4) is 0 Å². The van der Waals surface area contributed by atoms with Gasteiger partial charge < -0.3 is 4.42 Å². The number of hydrogen-bond donors (Lipinski definition) is 0. The van der Waals surface area contributed by atoms with Crippen LogP contribution in [-0.4, -0.2) is 15.0 Å². The second-order valence-corrected chi connectivity index (χ2v) is 15.0. The van der Waals surface area contributed by atoms with Crippen LogP contribution in [0.4, 0.5) is 0 Å². The van der Waals surface area contributed by atoms with Gasteiger partial charge >= 0.3 is 0 Å². The fourth-order valence-corrected chi connectivity index (χ4v) is 9.20. The molecular weight excluding hydrogens is 703 g/mol. The van der Waals surface area contributed by atoms with Gasteiger partial charge in [-0.15, -0.1) is 11.3 Å². The first-order valence-electron chi connectivity index (χ1n) is 18.7. The van der Waals surface area contributed by atoms with E-state index < -0.39 is 0 Å². The molecule has 0 aliphatic carbocycles. The first-order valence-corrected chi connectivity index (χ1v) is 19.5. The van der Waals surface area contributed by atoms with Gasteiger partial charge in [-0.2, -0.15) is 0 Å². The van der Waals surface area contributed by atoms with E-state index in [9.17, 15) is 0 Å². The molecule has 3 heterocycles. The summed E-state index contributed by atoms with van der Waals surface area (Å²) >= 11 is 1.86. The normalized spacial score (nSPS) is 11.6. The summed E-state index contributed by atoms with van der Waals surface area (Å²) in [4.78, 5) is 14.9. The van der Waals surface area contributed by atoms with E-state index in [0.29, 0.717) is 17.5 Å². The fraction of sp³-hybridized carbons (Fsp3) is 0. The van der Waals surface area contributed by atoms with Crippen LogP contribution in [0.15, 0.2) is 192 Å². The Morgan fingerprint density at radius 3 is 1.59 bits per heavy atom. The molecule has 8 aromatic carbocycles. The van der Waals surface area contributed by atoms with Gasteiger partial charge in [-0.1, -0.05) is 158 Å². The maximum absolute atomic E-state index is 6.65. The highest BCUT2D eigenvalue weighted by molar-refractivity contribution is 7.26. The first-order chi connectivity index (χ1) is 27.7. The standard InChI is InChI=1S/C51H31N3OS/c1-4-14-32(15-5-1)40-24-11-25-42-47-39(23-13-27-45(47)56-48(40)42)36-28-29-41-44(31-36)55-43-26-12-22-38(46(41)43)35-20-10-21-37(30-35)51-53-49(33-16-6-2-7-17-33)52-50(54-51)34-18-8-3-9-19-34/h1-31H. The van der Waals surface area contributed by atoms with Crippen molar-refractivity contribution in [1.82, 2.24) is 15.0 Å². The van der Waals surface area contributed by atoms with Gasteiger partial charge in [0.15, 0.2) is 17.5 Å². The SMILES string of the molecule is c1ccc(-c2nc(-c3ccccc3)nc(-c3cccc(-c4cccc5oc6cc(-c7cccc8sc9c(-c%10ccccc%10)cccc9c78)ccc6c45)c3)n2)cc1. The van der Waals surface area contributed by atoms with E-state index in [1.54, 1.807) is 0 Å². The third-order valence-corrected chi connectivity index (χ3v) is 11.8. The van der Waals surface area contributed by atoms with E-state index in [0.717, 1.165) is 55.3 Å². The zero-order valence-corrected chi connectivity index (χ0v) is 30.9. The lowest BCUT2D eigenvalue weighted by Crippen LogP contribution is -2.00. The van der Waals surface area contributed by atoms with Crippen LogP contribution in [0.1, 0.15) is 0 Å². The Morgan fingerprint density at radius 2 is 0.875 bits per heavy atom. The molecule has 262 valence electrons. The predicted octanol–water partition coefficient (Wildman–Crippen LogP) is 14.1. The summed E-state index contributed by atoms with van der Waals surface area (Å²) in [5, 5.41) is 4.72. The highest BCUT2D eigenvalue weighted by Crippen LogP contribution is 2.45. The van der Waals surface area contributed by atoms with Crippen LogP contribution in [0.25, 0.3) is 110 Å². The average molecular weight is 734 g/mol. The zero-order valence-electron chi connectivity index (χ0n) is 30.1. The minimum Gasteiger partial charge on any atom is -0.456 e. The number of hydrogen-bond acceptors (Lipinski definition) is 5. The van der Waals surface area contributed by atoms with Gasteiger partial charge in [0.1, 0.15) is 11.2 Å². The van der Waals surface area contributed by atoms with E-state index in [1.165, 1.54) is 36.9 Å². The molecule has 0 saturated heterocycles. The molecule has 0 aliphatic rings. The summed E-state index contributed by atoms with van der Waals surface area (Å²) in [6, 6.07) is 65.6. The quantitative estimate of drug-likeness (QED) is 0.171. The van der Waals surface area contributed by atoms with Crippen molar-refractivity contribution >= 4 is 53.4 Å². The smallest absolute Gasteiger partial charge is 0.164 e. The number of nitrogens with zero attached hydrogens (tertiary/aromatic N) is 3. The van der Waals surface area contributed by atoms with Gasteiger partial charge in [0, 0.05) is 47.6 Å². The van der Waals surface area contributed by atoms with Crippen molar-refractivity contribution < 1.29 is 4.42 Å². The van der Waals surface area contributed by atoms with Crippen molar-refractivity contribution in [3.63, 3.8) is 0 Å². The van der Waals surface area contributed by atoms with E-state index in [-0.39, 0.29) is 0 Å². The Bertz CT molecular complexity index is 3180. The Kier molecular flexibility index (Phi) is 7.64. The average Bonchev–Trinajstić information content (AvgIpc) is 3.86. The predicted molar refractivity (Wildman–Crippen MR) is 233 cm³/mol. The third kappa shape index (κ3) is 5.48. The van der Waals surface area contributed by atoms with Crippen LogP contribution < -0.4 is 0 Å². The van der Waals surface area contributed by atoms with Crippen LogP contribution in [0.2, 0.25) is 0 Å². The monoisotopic (exact) mass is 733 g/mol. The summed E-state index contributed by atoms with van der Waals surface area (Å²) in [5.74, 6) is 1.90. The van der Waals surface area contributed by atoms with Crippen molar-refractivity contribution in [2.45, 2.75) is 0 Å². The zero-order chi connectivity index (χ0) is 37.0. The molecule has 0 atom stereocenters. The summed E-state index contributed by atoms with van der Waals surface area (Å²) in [6.45, 7) is 0. The topological polar surface area (TPSA) is 51.8 Å². The number of benzene rings is 8. The van der Waals surface area contributed by atoms with Gasteiger partial charge in [0.05, 0.1) is 0 Å². The molecular formula is C51H31N3OS. The molecule has 3 aromatic heterocycles. The molecule has 0 amide bonds. The second-order valence-electron chi connectivity index (χ2n) is 13.9. The largest absolute Gasteiger partial charge is 0.456 e. The molecule has 0 spiro atoms. The van der Waals surface area contributed by atoms with Crippen molar-refractivity contribution in [2.75, 3.05) is 0 Å². The van der Waals surface area contributed by atoms with Gasteiger partial charge in [-0.3, -0.25) is 0 Å². The summed E-state index contributed by atoms with van der Waals surface area (Å²) in [7, 11) is 0. The maximum atomic E-state index is 6.65. The summed E-state index contributed by atoms with van der Waals surface area (Å²) in [5.41, 5.74) is 11.5. The van der Waals surface area contributed by atoms with Crippen molar-refractivity contribution in [2.24, 2.45) is 0 Å². The van der Waals surface area contributed by atoms with E-state index in [2.05, 4.69) is 127 Å². The lowest BCUT2D eigenvalue weighted by molar-refractivity contribution is 0.669. The molecule has 0 saturated carbocycles. The van der Waals surface area contributed by atoms with Crippen LogP contribution in [-0.2, 0) is 0 Å². The summed E-state index contributed by atoms with van der Waals surface area (Å²) in [6.07, 6.45) is 0. The molecule has 4 nitrogen and oxygen atoms in total. The minimum atomic E-state index is 0.624. The van der Waals surface area contributed by atoms with Crippen LogP contribution in [0, 0.1) is 0 Å². The van der Waals surface area contributed by atoms with Crippen LogP contribution in [0.5, 0.6) is 0 Å². The molecule has 0 N–H and O–H groups in total. The van der Waals surface area contributed by atoms with Gasteiger partial charge in [0.2, 0.25) is 0 Å². The molecule has 11 aromatic rings. The third-order valence-electron chi connectivity index (χ3n) is 10.5. The van der Waals surface area contributed by atoms with Crippen molar-refractivity contribution in [3.8, 4) is 67.5 Å². The van der Waals surface area contributed by atoms with Gasteiger partial charge in [0.25, 0.3) is 0 Å². The Balaban J connectivity index is 1.02. The van der Waals surface area contributed by atoms with E-state index >= 15 is 0 Å². The Morgan fingerprint density at radius 1 is 0.339 bits per heavy atom. The highest BCUT2D eigenvalue weighted by atomic mass is 32.1. The molecule has 0 unspecified atom stereocenters. The van der Waals surface area contributed by atoms with Gasteiger partial charge in [-0.05, 0) is 63.7 Å². The van der Waals surface area contributed by atoms with Crippen LogP contribution >= 0.6 is 11.3 Å². The minimum absolute atomic E-state index is 0.624. The number of aromatic nitrogens is 3. The Labute approximate surface area is 327 Å². The molecule has 0 bridgehead atoms. The molecule has 0 aliphatic heterocycles. The molecule has 11 rings (SSSR count). The number of rotatable bonds is 6. The highest BCUT2D eigenvalue weighted by Gasteiger charge is 2.18. The number of furan rings is 1. The number of thiophene rings is 1. The van der Waals surface area contributed by atoms with Gasteiger partial charge in [-0.25, -0.2) is 15.0 Å².